The van der Waals surface area contributed by atoms with Crippen molar-refractivity contribution in [3.63, 3.8) is 0 Å². The van der Waals surface area contributed by atoms with E-state index in [1.807, 2.05) is 0 Å². The molecule has 0 aliphatic carbocycles. The van der Waals surface area contributed by atoms with Gasteiger partial charge in [0.1, 0.15) is 0 Å². The van der Waals surface area contributed by atoms with Gasteiger partial charge in [-0.15, -0.1) is 0 Å². The Morgan fingerprint density at radius 1 is 1.71 bits per heavy atom. The van der Waals surface area contributed by atoms with Crippen LogP contribution in [-0.4, -0.2) is 30.3 Å². The number of likely N-dealkylation sites (tertiary alicyclic amines) is 1. The van der Waals surface area contributed by atoms with Crippen molar-refractivity contribution in [1.82, 2.24) is 4.90 Å². The Morgan fingerprint density at radius 3 is 2.57 bits per heavy atom. The Bertz CT molecular complexity index is 57.1. The Labute approximate surface area is 50.1 Å². The minimum Gasteiger partial charge on any atom is -0.305 e. The molecule has 0 spiro atoms. The molecule has 0 aromatic carbocycles. The summed E-state index contributed by atoms with van der Waals surface area (Å²) in [6.07, 6.45) is 1.26. The van der Waals surface area contributed by atoms with Crippen molar-refractivity contribution >= 4 is 12.6 Å². The maximum Gasteiger partial charge on any atom is 0.0156 e. The molecule has 1 heterocycles. The van der Waals surface area contributed by atoms with E-state index in [9.17, 15) is 0 Å². The van der Waals surface area contributed by atoms with Gasteiger partial charge in [0.05, 0.1) is 0 Å². The first-order chi connectivity index (χ1) is 3.29. The molecule has 0 amide bonds. The normalized spacial score (nSPS) is 34.3. The van der Waals surface area contributed by atoms with Crippen LogP contribution in [0.1, 0.15) is 6.42 Å². The van der Waals surface area contributed by atoms with E-state index >= 15 is 0 Å². The first kappa shape index (κ1) is 5.45. The largest absolute Gasteiger partial charge is 0.305 e. The summed E-state index contributed by atoms with van der Waals surface area (Å²) >= 11 is 4.31. The molecule has 0 unspecified atom stereocenters. The topological polar surface area (TPSA) is 3.24 Å². The Hall–Kier alpha value is 0.310. The van der Waals surface area contributed by atoms with Gasteiger partial charge >= 0.3 is 0 Å². The van der Waals surface area contributed by atoms with Crippen molar-refractivity contribution < 1.29 is 0 Å². The molecule has 0 radical (unpaired) electrons. The Kier molecular flexibility index (Phi) is 1.60. The summed E-state index contributed by atoms with van der Waals surface area (Å²) in [7, 11) is 2.14. The third-order valence-corrected chi connectivity index (χ3v) is 1.79. The van der Waals surface area contributed by atoms with Crippen molar-refractivity contribution in [1.29, 1.82) is 0 Å². The van der Waals surface area contributed by atoms with Gasteiger partial charge in [-0.3, -0.25) is 0 Å². The molecule has 0 bridgehead atoms. The monoisotopic (exact) mass is 117 g/mol. The van der Waals surface area contributed by atoms with E-state index < -0.39 is 0 Å². The highest BCUT2D eigenvalue weighted by Crippen LogP contribution is 2.10. The van der Waals surface area contributed by atoms with Gasteiger partial charge in [0.25, 0.3) is 0 Å². The summed E-state index contributed by atoms with van der Waals surface area (Å²) in [5.41, 5.74) is 0. The molecule has 1 aliphatic heterocycles. The zero-order valence-electron chi connectivity index (χ0n) is 4.59. The second-order valence-electron chi connectivity index (χ2n) is 2.20. The lowest BCUT2D eigenvalue weighted by molar-refractivity contribution is 0.419. The lowest BCUT2D eigenvalue weighted by atomic mass is 10.4. The van der Waals surface area contributed by atoms with Crippen molar-refractivity contribution in [3.8, 4) is 0 Å². The van der Waals surface area contributed by atoms with E-state index in [-0.39, 0.29) is 0 Å². The molecule has 0 aromatic heterocycles. The molecule has 2 heteroatoms. The summed E-state index contributed by atoms with van der Waals surface area (Å²) in [6, 6.07) is 0. The molecule has 1 fully saturated rings. The summed E-state index contributed by atoms with van der Waals surface area (Å²) < 4.78 is 0. The first-order valence-corrected chi connectivity index (χ1v) is 3.17. The van der Waals surface area contributed by atoms with E-state index in [2.05, 4.69) is 24.6 Å². The molecule has 1 nitrogen and oxygen atoms in total. The average Bonchev–Trinajstić information content (AvgIpc) is 1.87. The maximum absolute atomic E-state index is 4.31. The van der Waals surface area contributed by atoms with Crippen LogP contribution in [0.4, 0.5) is 0 Å². The van der Waals surface area contributed by atoms with Crippen LogP contribution in [0, 0.1) is 0 Å². The quantitative estimate of drug-likeness (QED) is 0.455. The highest BCUT2D eigenvalue weighted by molar-refractivity contribution is 7.81. The predicted octanol–water partition coefficient (Wildman–Crippen LogP) is 0.620. The van der Waals surface area contributed by atoms with E-state index in [0.717, 1.165) is 0 Å². The van der Waals surface area contributed by atoms with Gasteiger partial charge in [0.2, 0.25) is 0 Å². The second kappa shape index (κ2) is 2.05. The molecule has 1 rings (SSSR count). The van der Waals surface area contributed by atoms with Crippen LogP contribution in [0.2, 0.25) is 0 Å². The lowest BCUT2D eigenvalue weighted by Gasteiger charge is -2.03. The van der Waals surface area contributed by atoms with Gasteiger partial charge in [-0.1, -0.05) is 0 Å². The Balaban J connectivity index is 2.26. The SMILES string of the molecule is CN1CC[C@H](S)C1. The molecule has 1 aliphatic rings. The maximum atomic E-state index is 4.31. The van der Waals surface area contributed by atoms with Crippen LogP contribution < -0.4 is 0 Å². The van der Waals surface area contributed by atoms with Crippen LogP contribution >= 0.6 is 12.6 Å². The predicted molar refractivity (Wildman–Crippen MR) is 34.9 cm³/mol. The molecule has 0 saturated carbocycles. The zero-order valence-corrected chi connectivity index (χ0v) is 5.49. The molecule has 0 aromatic rings. The minimum atomic E-state index is 0.644. The molecule has 7 heavy (non-hydrogen) atoms. The number of hydrogen-bond donors (Lipinski definition) is 1. The van der Waals surface area contributed by atoms with E-state index in [0.29, 0.717) is 5.25 Å². The van der Waals surface area contributed by atoms with Crippen molar-refractivity contribution in [2.24, 2.45) is 0 Å². The van der Waals surface area contributed by atoms with Gasteiger partial charge in [0, 0.05) is 11.8 Å². The molecule has 42 valence electrons. The highest BCUT2D eigenvalue weighted by atomic mass is 32.1. The van der Waals surface area contributed by atoms with E-state index in [4.69, 9.17) is 0 Å². The van der Waals surface area contributed by atoms with Gasteiger partial charge in [-0.05, 0) is 20.0 Å². The van der Waals surface area contributed by atoms with Crippen LogP contribution in [0.5, 0.6) is 0 Å². The van der Waals surface area contributed by atoms with Crippen molar-refractivity contribution in [3.05, 3.63) is 0 Å². The molecule has 1 saturated heterocycles. The molecule has 0 N–H and O–H groups in total. The summed E-state index contributed by atoms with van der Waals surface area (Å²) in [5, 5.41) is 0.644. The number of nitrogens with zero attached hydrogens (tertiary/aromatic N) is 1. The van der Waals surface area contributed by atoms with Crippen LogP contribution in [0.15, 0.2) is 0 Å². The third-order valence-electron chi connectivity index (χ3n) is 1.37. The standard InChI is InChI=1S/C5H11NS/c1-6-3-2-5(7)4-6/h5,7H,2-4H2,1H3/t5-/m0/s1. The van der Waals surface area contributed by atoms with Crippen molar-refractivity contribution in [2.75, 3.05) is 20.1 Å². The van der Waals surface area contributed by atoms with E-state index in [1.54, 1.807) is 0 Å². The van der Waals surface area contributed by atoms with Crippen LogP contribution in [0.25, 0.3) is 0 Å². The van der Waals surface area contributed by atoms with Crippen LogP contribution in [-0.2, 0) is 0 Å². The summed E-state index contributed by atoms with van der Waals surface area (Å²) in [4.78, 5) is 2.30. The third kappa shape index (κ3) is 1.35. The lowest BCUT2D eigenvalue weighted by Crippen LogP contribution is -2.13. The molecular weight excluding hydrogens is 106 g/mol. The molecular formula is C5H11NS. The van der Waals surface area contributed by atoms with Gasteiger partial charge in [-0.25, -0.2) is 0 Å². The number of hydrogen-bond acceptors (Lipinski definition) is 2. The van der Waals surface area contributed by atoms with Crippen LogP contribution in [0.3, 0.4) is 0 Å². The Morgan fingerprint density at radius 2 is 2.43 bits per heavy atom. The minimum absolute atomic E-state index is 0.644. The van der Waals surface area contributed by atoms with Crippen molar-refractivity contribution in [2.45, 2.75) is 11.7 Å². The first-order valence-electron chi connectivity index (χ1n) is 2.65. The second-order valence-corrected chi connectivity index (χ2v) is 2.94. The fourth-order valence-electron chi connectivity index (χ4n) is 0.912. The fraction of sp³-hybridized carbons (Fsp3) is 1.00. The molecule has 1 atom stereocenters. The van der Waals surface area contributed by atoms with E-state index in [1.165, 1.54) is 19.5 Å². The smallest absolute Gasteiger partial charge is 0.0156 e. The van der Waals surface area contributed by atoms with Gasteiger partial charge in [-0.2, -0.15) is 12.6 Å². The number of rotatable bonds is 0. The highest BCUT2D eigenvalue weighted by Gasteiger charge is 2.14. The summed E-state index contributed by atoms with van der Waals surface area (Å²) in [6.45, 7) is 2.40. The number of thiol groups is 1. The zero-order chi connectivity index (χ0) is 5.28. The fourth-order valence-corrected chi connectivity index (χ4v) is 1.31. The summed E-state index contributed by atoms with van der Waals surface area (Å²) in [5.74, 6) is 0. The van der Waals surface area contributed by atoms with Gasteiger partial charge < -0.3 is 4.90 Å². The average molecular weight is 117 g/mol. The van der Waals surface area contributed by atoms with Gasteiger partial charge in [0.15, 0.2) is 0 Å².